The van der Waals surface area contributed by atoms with E-state index < -0.39 is 8.25 Å². The number of carbonyl (C=O) groups is 2. The molecule has 396 valence electrons. The maximum Gasteiger partial charge on any atom is 0.697 e. The van der Waals surface area contributed by atoms with Crippen LogP contribution in [0.4, 0.5) is 0 Å². The summed E-state index contributed by atoms with van der Waals surface area (Å²) in [5.74, 6) is 2.61. The molecule has 0 saturated carbocycles. The van der Waals surface area contributed by atoms with Crippen molar-refractivity contribution < 1.29 is 62.6 Å². The molecule has 0 aliphatic heterocycles. The SMILES string of the molecule is CCC(CC)(CCO[P+](=O)OCCC(CC)(CC)SC(CC(=O)c1ccc(OCCCO)cc1)c1ccc(OCCCO)cc1)SC(CC(=O)c1ccc(OCCCO)cc1)c1ccc(OCCCO)cc1. The lowest BCUT2D eigenvalue weighted by molar-refractivity contribution is 0.0973. The maximum atomic E-state index is 13.9. The smallest absolute Gasteiger partial charge is 0.494 e. The van der Waals surface area contributed by atoms with Gasteiger partial charge in [0, 0.05) is 101 Å². The van der Waals surface area contributed by atoms with Gasteiger partial charge in [-0.05, 0) is 122 Å². The van der Waals surface area contributed by atoms with E-state index in [4.69, 9.17) is 38.2 Å². The van der Waals surface area contributed by atoms with Crippen molar-refractivity contribution in [3.8, 4) is 23.0 Å². The molecule has 0 aliphatic carbocycles. The zero-order valence-electron chi connectivity index (χ0n) is 42.7. The lowest BCUT2D eigenvalue weighted by atomic mass is 9.98. The molecule has 4 aromatic rings. The summed E-state index contributed by atoms with van der Waals surface area (Å²) in [6.45, 7) is 10.6. The van der Waals surface area contributed by atoms with Crippen molar-refractivity contribution in [2.45, 2.75) is 125 Å². The van der Waals surface area contributed by atoms with E-state index in [9.17, 15) is 24.4 Å². The van der Waals surface area contributed by atoms with Crippen molar-refractivity contribution in [1.82, 2.24) is 0 Å². The predicted octanol–water partition coefficient (Wildman–Crippen LogP) is 12.1. The summed E-state index contributed by atoms with van der Waals surface area (Å²) in [7, 11) is -2.44. The number of ketones is 2. The van der Waals surface area contributed by atoms with E-state index in [1.165, 1.54) is 0 Å². The first-order valence-electron chi connectivity index (χ1n) is 25.5. The highest BCUT2D eigenvalue weighted by Gasteiger charge is 2.36. The number of ether oxygens (including phenoxy) is 4. The minimum Gasteiger partial charge on any atom is -0.494 e. The molecule has 0 spiro atoms. The molecular weight excluding hydrogens is 976 g/mol. The van der Waals surface area contributed by atoms with Crippen LogP contribution in [-0.4, -0.2) is 108 Å². The van der Waals surface area contributed by atoms with Crippen molar-refractivity contribution in [3.05, 3.63) is 119 Å². The molecule has 0 amide bonds. The Morgan fingerprint density at radius 3 is 1.00 bits per heavy atom. The van der Waals surface area contributed by atoms with Crippen LogP contribution >= 0.6 is 31.8 Å². The molecule has 4 rings (SSSR count). The molecule has 0 aliphatic rings. The average Bonchev–Trinajstić information content (AvgIpc) is 3.40. The largest absolute Gasteiger partial charge is 0.697 e. The van der Waals surface area contributed by atoms with Gasteiger partial charge in [-0.25, -0.2) is 0 Å². The number of hydrogen-bond donors (Lipinski definition) is 4. The van der Waals surface area contributed by atoms with E-state index in [-0.39, 0.29) is 84.0 Å². The Morgan fingerprint density at radius 2 is 0.736 bits per heavy atom. The summed E-state index contributed by atoms with van der Waals surface area (Å²) in [6.07, 6.45) is 6.85. The molecule has 72 heavy (non-hydrogen) atoms. The van der Waals surface area contributed by atoms with Crippen LogP contribution in [0.5, 0.6) is 23.0 Å². The van der Waals surface area contributed by atoms with Crippen LogP contribution in [0.25, 0.3) is 0 Å². The molecule has 0 fully saturated rings. The molecule has 0 saturated heterocycles. The molecule has 4 aromatic carbocycles. The van der Waals surface area contributed by atoms with Gasteiger partial charge >= 0.3 is 8.25 Å². The fourth-order valence-corrected chi connectivity index (χ4v) is 11.9. The lowest BCUT2D eigenvalue weighted by Crippen LogP contribution is -2.27. The Balaban J connectivity index is 1.42. The van der Waals surface area contributed by atoms with Crippen molar-refractivity contribution in [2.24, 2.45) is 0 Å². The molecule has 13 nitrogen and oxygen atoms in total. The summed E-state index contributed by atoms with van der Waals surface area (Å²) in [6, 6.07) is 29.7. The van der Waals surface area contributed by atoms with Crippen LogP contribution < -0.4 is 18.9 Å². The van der Waals surface area contributed by atoms with E-state index >= 15 is 0 Å². The van der Waals surface area contributed by atoms with Crippen molar-refractivity contribution in [3.63, 3.8) is 0 Å². The van der Waals surface area contributed by atoms with E-state index in [1.54, 1.807) is 72.1 Å². The van der Waals surface area contributed by atoms with Gasteiger partial charge in [0.2, 0.25) is 0 Å². The van der Waals surface area contributed by atoms with Gasteiger partial charge in [-0.2, -0.15) is 0 Å². The number of aliphatic hydroxyl groups excluding tert-OH is 4. The highest BCUT2D eigenvalue weighted by molar-refractivity contribution is 8.01. The molecule has 0 bridgehead atoms. The zero-order valence-corrected chi connectivity index (χ0v) is 45.2. The van der Waals surface area contributed by atoms with Gasteiger partial charge in [0.05, 0.1) is 26.4 Å². The minimum atomic E-state index is -2.44. The normalized spacial score (nSPS) is 12.8. The van der Waals surface area contributed by atoms with Gasteiger partial charge in [-0.3, -0.25) is 9.59 Å². The summed E-state index contributed by atoms with van der Waals surface area (Å²) in [4.78, 5) is 27.8. The molecular formula is C56H78O13PS2+. The second-order valence-electron chi connectivity index (χ2n) is 17.5. The number of benzene rings is 4. The molecule has 0 radical (unpaired) electrons. The van der Waals surface area contributed by atoms with Gasteiger partial charge in [-0.15, -0.1) is 32.6 Å². The number of aliphatic hydroxyl groups is 4. The van der Waals surface area contributed by atoms with Gasteiger partial charge in [0.1, 0.15) is 36.2 Å². The number of hydrogen-bond acceptors (Lipinski definition) is 15. The molecule has 2 atom stereocenters. The van der Waals surface area contributed by atoms with Crippen molar-refractivity contribution >= 4 is 43.3 Å². The van der Waals surface area contributed by atoms with E-state index in [0.717, 1.165) is 36.8 Å². The Morgan fingerprint density at radius 1 is 0.458 bits per heavy atom. The summed E-state index contributed by atoms with van der Waals surface area (Å²) < 4.78 is 47.6. The van der Waals surface area contributed by atoms with E-state index in [2.05, 4.69) is 27.7 Å². The summed E-state index contributed by atoms with van der Waals surface area (Å²) in [5, 5.41) is 36.2. The summed E-state index contributed by atoms with van der Waals surface area (Å²) >= 11 is 3.47. The van der Waals surface area contributed by atoms with Crippen LogP contribution in [0, 0.1) is 0 Å². The third-order valence-electron chi connectivity index (χ3n) is 12.8. The monoisotopic (exact) mass is 1050 g/mol. The number of thioether (sulfide) groups is 2. The quantitative estimate of drug-likeness (QED) is 0.0187. The second kappa shape index (κ2) is 33.7. The van der Waals surface area contributed by atoms with Crippen LogP contribution in [-0.2, 0) is 13.6 Å². The number of carbonyl (C=O) groups excluding carboxylic acids is 2. The topological polar surface area (TPSA) is 188 Å². The third-order valence-corrected chi connectivity index (χ3v) is 17.5. The predicted molar refractivity (Wildman–Crippen MR) is 288 cm³/mol. The van der Waals surface area contributed by atoms with Gasteiger partial charge in [0.15, 0.2) is 11.6 Å². The number of rotatable bonds is 40. The molecule has 4 N–H and O–H groups in total. The molecule has 0 heterocycles. The van der Waals surface area contributed by atoms with Crippen LogP contribution in [0.1, 0.15) is 147 Å². The molecule has 2 unspecified atom stereocenters. The van der Waals surface area contributed by atoms with Crippen LogP contribution in [0.15, 0.2) is 97.1 Å². The van der Waals surface area contributed by atoms with E-state index in [0.29, 0.717) is 99.1 Å². The van der Waals surface area contributed by atoms with Crippen LogP contribution in [0.2, 0.25) is 0 Å². The summed E-state index contributed by atoms with van der Waals surface area (Å²) in [5.41, 5.74) is 3.10. The van der Waals surface area contributed by atoms with Gasteiger partial charge < -0.3 is 39.4 Å². The molecule has 16 heteroatoms. The molecule has 0 aromatic heterocycles. The first-order valence-corrected chi connectivity index (χ1v) is 28.3. The van der Waals surface area contributed by atoms with Gasteiger partial charge in [0.25, 0.3) is 0 Å². The Kier molecular flexibility index (Phi) is 28.4. The van der Waals surface area contributed by atoms with Gasteiger partial charge in [-0.1, -0.05) is 52.0 Å². The van der Waals surface area contributed by atoms with Crippen molar-refractivity contribution in [1.29, 1.82) is 0 Å². The fraction of sp³-hybridized carbons (Fsp3) is 0.536. The Bertz CT molecular complexity index is 1980. The fourth-order valence-electron chi connectivity index (χ4n) is 7.99. The zero-order chi connectivity index (χ0) is 52.0. The van der Waals surface area contributed by atoms with Crippen LogP contribution in [0.3, 0.4) is 0 Å². The lowest BCUT2D eigenvalue weighted by Gasteiger charge is -2.35. The highest BCUT2D eigenvalue weighted by atomic mass is 32.2. The maximum absolute atomic E-state index is 13.9. The number of Topliss-reactive ketones (excluding diaryl/α,β-unsaturated/α-hetero) is 2. The standard InChI is InChI=1S/C56H78O13PS2/c1-5-55(6-2,71-53(45-17-25-49(26-18-45)66-37-11-33-59)41-51(61)43-13-21-47(22-14-43)64-35-9-31-57)29-39-68-70(63)69-40-30-56(7-3,8-4)72-54(46-19-27-50(28-20-46)67-38-12-34-60)42-52(62)44-15-23-48(24-16-44)65-36-10-32-58/h13-28,53-54,57-60H,5-12,29-42H2,1-4H3/q+1. The second-order valence-corrected chi connectivity index (χ2v) is 21.8. The van der Waals surface area contributed by atoms with Crippen molar-refractivity contribution in [2.75, 3.05) is 66.1 Å². The minimum absolute atomic E-state index is 0.0115. The Hall–Kier alpha value is -4.02. The average molecular weight is 1050 g/mol. The third kappa shape index (κ3) is 20.7. The highest BCUT2D eigenvalue weighted by Crippen LogP contribution is 2.50. The first kappa shape index (κ1) is 60.5. The Labute approximate surface area is 437 Å². The first-order chi connectivity index (χ1) is 35.0. The van der Waals surface area contributed by atoms with E-state index in [1.807, 2.05) is 48.5 Å².